The van der Waals surface area contributed by atoms with E-state index < -0.39 is 11.2 Å². The summed E-state index contributed by atoms with van der Waals surface area (Å²) in [6.45, 7) is 20.3. The molecule has 0 unspecified atom stereocenters. The number of carbonyl (C=O) groups excluding carboxylic acids is 2. The number of amides is 2. The van der Waals surface area contributed by atoms with E-state index in [-0.39, 0.29) is 24.3 Å². The quantitative estimate of drug-likeness (QED) is 0.177. The van der Waals surface area contributed by atoms with E-state index >= 15 is 0 Å². The van der Waals surface area contributed by atoms with Crippen LogP contribution in [-0.2, 0) is 9.47 Å². The number of imidazole rings is 2. The predicted octanol–water partition coefficient (Wildman–Crippen LogP) is 9.76. The number of aromatic nitrogens is 4. The summed E-state index contributed by atoms with van der Waals surface area (Å²) in [6, 6.07) is 20.7. The second kappa shape index (κ2) is 13.2. The Morgan fingerprint density at radius 2 is 1.04 bits per heavy atom. The lowest BCUT2D eigenvalue weighted by atomic mass is 9.98. The number of rotatable bonds is 5. The van der Waals surface area contributed by atoms with E-state index in [9.17, 15) is 9.59 Å². The summed E-state index contributed by atoms with van der Waals surface area (Å²) in [7, 11) is 0. The highest BCUT2D eigenvalue weighted by molar-refractivity contribution is 5.90. The summed E-state index contributed by atoms with van der Waals surface area (Å²) in [4.78, 5) is 45.5. The number of hydrogen-bond acceptors (Lipinski definition) is 6. The van der Waals surface area contributed by atoms with Crippen molar-refractivity contribution in [1.29, 1.82) is 0 Å². The second-order valence-electron chi connectivity index (χ2n) is 15.9. The van der Waals surface area contributed by atoms with Gasteiger partial charge in [-0.15, -0.1) is 0 Å². The number of nitrogens with zero attached hydrogens (tertiary/aromatic N) is 4. The highest BCUT2D eigenvalue weighted by Gasteiger charge is 2.38. The molecule has 0 saturated carbocycles. The third-order valence-corrected chi connectivity index (χ3v) is 9.26. The number of likely N-dealkylation sites (tertiary alicyclic amines) is 2. The van der Waals surface area contributed by atoms with E-state index in [2.05, 4.69) is 93.8 Å². The highest BCUT2D eigenvalue weighted by atomic mass is 16.6. The molecule has 2 saturated heterocycles. The summed E-state index contributed by atoms with van der Waals surface area (Å²) in [6.07, 6.45) is 4.20. The van der Waals surface area contributed by atoms with Gasteiger partial charge in [-0.05, 0) is 94.0 Å². The molecule has 2 N–H and O–H groups in total. The molecule has 2 fully saturated rings. The molecule has 0 aliphatic carbocycles. The molecule has 2 aliphatic heterocycles. The standard InChI is InChI=1S/C42H46N6O4/c1-25-17-35(47(23-25)39(49)51-41(3,4)5)37-43-21-33(45-37)28-11-9-27(10-12-28)29-13-14-31-20-32(16-15-30(31)19-29)34-22-44-38(46-34)36-18-26(2)24-48(36)40(50)52-42(6,7)8/h9-16,19-22,35-36H,1-2,17-18,23-24H2,3-8H3,(H,43,45)(H,44,46)/t35-,36-/m0/s1. The number of hydrogen-bond donors (Lipinski definition) is 2. The molecular weight excluding hydrogens is 653 g/mol. The van der Waals surface area contributed by atoms with Crippen LogP contribution in [-0.4, -0.2) is 66.2 Å². The van der Waals surface area contributed by atoms with Crippen molar-refractivity contribution in [3.63, 3.8) is 0 Å². The van der Waals surface area contributed by atoms with Gasteiger partial charge in [0, 0.05) is 18.7 Å². The van der Waals surface area contributed by atoms with Gasteiger partial charge in [-0.1, -0.05) is 72.8 Å². The Morgan fingerprint density at radius 1 is 0.635 bits per heavy atom. The zero-order chi connectivity index (χ0) is 36.9. The maximum absolute atomic E-state index is 12.9. The fraction of sp³-hybridized carbons (Fsp3) is 0.333. The molecule has 0 bridgehead atoms. The fourth-order valence-electron chi connectivity index (χ4n) is 6.85. The molecule has 2 aliphatic rings. The van der Waals surface area contributed by atoms with Crippen LogP contribution in [0.25, 0.3) is 44.4 Å². The Hall–Kier alpha value is -5.64. The maximum atomic E-state index is 12.9. The fourth-order valence-corrected chi connectivity index (χ4v) is 6.85. The third kappa shape index (κ3) is 7.37. The van der Waals surface area contributed by atoms with Crippen molar-refractivity contribution in [2.75, 3.05) is 13.1 Å². The van der Waals surface area contributed by atoms with Crippen LogP contribution < -0.4 is 0 Å². The summed E-state index contributed by atoms with van der Waals surface area (Å²) in [5.74, 6) is 1.44. The minimum Gasteiger partial charge on any atom is -0.444 e. The number of fused-ring (bicyclic) bond motifs is 1. The van der Waals surface area contributed by atoms with Gasteiger partial charge in [0.1, 0.15) is 22.9 Å². The molecule has 7 rings (SSSR count). The van der Waals surface area contributed by atoms with E-state index in [1.165, 1.54) is 0 Å². The molecule has 3 aromatic carbocycles. The third-order valence-electron chi connectivity index (χ3n) is 9.26. The first kappa shape index (κ1) is 34.8. The second-order valence-corrected chi connectivity index (χ2v) is 15.9. The Balaban J connectivity index is 1.05. The van der Waals surface area contributed by atoms with Gasteiger partial charge in [0.25, 0.3) is 0 Å². The Bertz CT molecular complexity index is 2180. The summed E-state index contributed by atoms with van der Waals surface area (Å²) in [5.41, 5.74) is 6.78. The van der Waals surface area contributed by atoms with E-state index in [1.807, 2.05) is 53.9 Å². The van der Waals surface area contributed by atoms with Crippen molar-refractivity contribution in [3.8, 4) is 33.6 Å². The van der Waals surface area contributed by atoms with Gasteiger partial charge in [0.15, 0.2) is 0 Å². The van der Waals surface area contributed by atoms with Crippen LogP contribution in [0.2, 0.25) is 0 Å². The van der Waals surface area contributed by atoms with Crippen molar-refractivity contribution in [2.45, 2.75) is 77.7 Å². The van der Waals surface area contributed by atoms with Gasteiger partial charge < -0.3 is 19.4 Å². The first-order chi connectivity index (χ1) is 24.6. The minimum atomic E-state index is -0.583. The van der Waals surface area contributed by atoms with Gasteiger partial charge in [0.05, 0.1) is 35.9 Å². The molecule has 2 amide bonds. The van der Waals surface area contributed by atoms with E-state index in [0.29, 0.717) is 25.9 Å². The Kier molecular flexibility index (Phi) is 8.80. The first-order valence-corrected chi connectivity index (χ1v) is 17.7. The molecule has 268 valence electrons. The molecule has 4 heterocycles. The minimum absolute atomic E-state index is 0.244. The zero-order valence-electron chi connectivity index (χ0n) is 30.7. The highest BCUT2D eigenvalue weighted by Crippen LogP contribution is 2.37. The zero-order valence-corrected chi connectivity index (χ0v) is 30.7. The molecular formula is C42H46N6O4. The van der Waals surface area contributed by atoms with Crippen molar-refractivity contribution >= 4 is 23.0 Å². The van der Waals surface area contributed by atoms with Crippen LogP contribution in [0.3, 0.4) is 0 Å². The normalized spacial score (nSPS) is 18.0. The number of ether oxygens (including phenoxy) is 2. The molecule has 2 atom stereocenters. The van der Waals surface area contributed by atoms with Crippen LogP contribution in [0.15, 0.2) is 97.4 Å². The SMILES string of the molecule is C=C1C[C@@H](c2ncc(-c3ccc(-c4ccc5cc(-c6cnc([C@@H]7CC(=C)CN7C(=O)OC(C)(C)C)[nH]6)ccc5c4)cc3)[nH]2)N(C(=O)OC(C)(C)C)C1. The molecule has 2 aromatic heterocycles. The van der Waals surface area contributed by atoms with Crippen LogP contribution in [0, 0.1) is 0 Å². The smallest absolute Gasteiger partial charge is 0.411 e. The molecule has 5 aromatic rings. The average Bonchev–Trinajstić information content (AvgIpc) is 3.89. The van der Waals surface area contributed by atoms with Crippen molar-refractivity contribution in [2.24, 2.45) is 0 Å². The largest absolute Gasteiger partial charge is 0.444 e. The van der Waals surface area contributed by atoms with E-state index in [1.54, 1.807) is 9.80 Å². The van der Waals surface area contributed by atoms with Crippen LogP contribution >= 0.6 is 0 Å². The molecule has 10 heteroatoms. The lowest BCUT2D eigenvalue weighted by molar-refractivity contribution is 0.0211. The molecule has 52 heavy (non-hydrogen) atoms. The summed E-state index contributed by atoms with van der Waals surface area (Å²) in [5, 5.41) is 2.23. The molecule has 0 spiro atoms. The predicted molar refractivity (Wildman–Crippen MR) is 203 cm³/mol. The van der Waals surface area contributed by atoms with Gasteiger partial charge >= 0.3 is 12.2 Å². The monoisotopic (exact) mass is 698 g/mol. The van der Waals surface area contributed by atoms with Gasteiger partial charge in [-0.3, -0.25) is 9.80 Å². The van der Waals surface area contributed by atoms with Gasteiger partial charge in [0.2, 0.25) is 0 Å². The Labute approximate surface area is 304 Å². The van der Waals surface area contributed by atoms with E-state index in [0.717, 1.165) is 67.2 Å². The van der Waals surface area contributed by atoms with Crippen LogP contribution in [0.4, 0.5) is 9.59 Å². The maximum Gasteiger partial charge on any atom is 0.411 e. The number of carbonyl (C=O) groups is 2. The molecule has 0 radical (unpaired) electrons. The van der Waals surface area contributed by atoms with Crippen LogP contribution in [0.5, 0.6) is 0 Å². The number of benzene rings is 3. The van der Waals surface area contributed by atoms with Crippen molar-refractivity contribution in [1.82, 2.24) is 29.7 Å². The van der Waals surface area contributed by atoms with Crippen molar-refractivity contribution in [3.05, 3.63) is 109 Å². The number of nitrogens with one attached hydrogen (secondary N) is 2. The van der Waals surface area contributed by atoms with Crippen molar-refractivity contribution < 1.29 is 19.1 Å². The van der Waals surface area contributed by atoms with E-state index in [4.69, 9.17) is 9.47 Å². The lowest BCUT2D eigenvalue weighted by Crippen LogP contribution is -2.36. The van der Waals surface area contributed by atoms with Gasteiger partial charge in [-0.25, -0.2) is 19.6 Å². The summed E-state index contributed by atoms with van der Waals surface area (Å²) < 4.78 is 11.3. The average molecular weight is 699 g/mol. The number of aromatic amines is 2. The number of H-pyrrole nitrogens is 2. The lowest BCUT2D eigenvalue weighted by Gasteiger charge is -2.27. The van der Waals surface area contributed by atoms with Crippen LogP contribution in [0.1, 0.15) is 78.1 Å². The van der Waals surface area contributed by atoms with Gasteiger partial charge in [-0.2, -0.15) is 0 Å². The first-order valence-electron chi connectivity index (χ1n) is 17.7. The topological polar surface area (TPSA) is 116 Å². The molecule has 10 nitrogen and oxygen atoms in total. The Morgan fingerprint density at radius 3 is 1.52 bits per heavy atom. The summed E-state index contributed by atoms with van der Waals surface area (Å²) >= 11 is 0.